The Hall–Kier alpha value is 0.549. The van der Waals surface area contributed by atoms with E-state index in [1.807, 2.05) is 0 Å². The SMILES string of the molecule is [2H]S(=O)(=O)N1CCCC(C(=O)[N-]C([B])C)C1.[Y]. The first-order chi connectivity index (χ1) is 7.30. The predicted octanol–water partition coefficient (Wildman–Crippen LogP) is -0.363. The Morgan fingerprint density at radius 1 is 1.69 bits per heavy atom. The van der Waals surface area contributed by atoms with Gasteiger partial charge >= 0.3 is 0 Å². The van der Waals surface area contributed by atoms with E-state index < -0.39 is 22.7 Å². The summed E-state index contributed by atoms with van der Waals surface area (Å²) < 4.78 is 29.9. The van der Waals surface area contributed by atoms with Crippen LogP contribution in [0, 0.1) is 5.92 Å². The van der Waals surface area contributed by atoms with Crippen molar-refractivity contribution in [2.45, 2.75) is 25.7 Å². The average molecular weight is 319 g/mol. The molecule has 0 aromatic heterocycles. The second-order valence-corrected chi connectivity index (χ2v) is 4.60. The molecule has 0 aromatic rings. The van der Waals surface area contributed by atoms with Crippen molar-refractivity contribution in [3.05, 3.63) is 5.32 Å². The third-order valence-electron chi connectivity index (χ3n) is 2.28. The number of carbonyl (C=O) groups excluding carboxylic acids is 1. The Morgan fingerprint density at radius 2 is 2.31 bits per heavy atom. The van der Waals surface area contributed by atoms with Gasteiger partial charge in [-0.15, -0.1) is 0 Å². The zero-order valence-corrected chi connectivity index (χ0v) is 12.8. The molecule has 1 saturated heterocycles. The normalized spacial score (nSPS) is 25.1. The van der Waals surface area contributed by atoms with Crippen LogP contribution < -0.4 is 0 Å². The number of piperidine rings is 1. The van der Waals surface area contributed by atoms with E-state index in [1.165, 1.54) is 0 Å². The van der Waals surface area contributed by atoms with E-state index in [4.69, 9.17) is 8.97 Å². The maximum atomic E-state index is 11.6. The molecule has 3 radical (unpaired) electrons. The molecule has 0 spiro atoms. The van der Waals surface area contributed by atoms with Crippen molar-refractivity contribution in [1.29, 1.82) is 1.12 Å². The monoisotopic (exact) mass is 319 g/mol. The summed E-state index contributed by atoms with van der Waals surface area (Å²) in [6.45, 7) is 1.93. The smallest absolute Gasteiger partial charge is 0.203 e. The third-order valence-corrected chi connectivity index (χ3v) is 3.03. The van der Waals surface area contributed by atoms with Crippen LogP contribution in [0.1, 0.15) is 19.8 Å². The molecule has 5 nitrogen and oxygen atoms in total. The van der Waals surface area contributed by atoms with Gasteiger partial charge < -0.3 is 10.1 Å². The first-order valence-corrected chi connectivity index (χ1v) is 5.88. The van der Waals surface area contributed by atoms with E-state index in [2.05, 4.69) is 5.32 Å². The van der Waals surface area contributed by atoms with Crippen molar-refractivity contribution in [2.75, 3.05) is 13.1 Å². The Kier molecular flexibility index (Phi) is 7.12. The Morgan fingerprint density at radius 3 is 2.81 bits per heavy atom. The van der Waals surface area contributed by atoms with E-state index in [9.17, 15) is 13.2 Å². The predicted molar refractivity (Wildman–Crippen MR) is 58.2 cm³/mol. The van der Waals surface area contributed by atoms with Gasteiger partial charge in [0.1, 0.15) is 0 Å². The molecule has 16 heavy (non-hydrogen) atoms. The molecule has 87 valence electrons. The van der Waals surface area contributed by atoms with Gasteiger partial charge in [-0.1, -0.05) is 6.92 Å². The topological polar surface area (TPSA) is 68.6 Å². The number of thiol groups is 1. The fourth-order valence-corrected chi connectivity index (χ4v) is 2.17. The molecule has 1 aliphatic heterocycles. The van der Waals surface area contributed by atoms with Gasteiger partial charge in [0, 0.05) is 59.6 Å². The molecular weight excluding hydrogens is 304 g/mol. The Bertz CT molecular complexity index is 366. The molecule has 2 atom stereocenters. The third kappa shape index (κ3) is 5.25. The molecule has 0 aliphatic carbocycles. The van der Waals surface area contributed by atoms with E-state index in [0.717, 1.165) is 4.31 Å². The fraction of sp³-hybridized carbons (Fsp3) is 0.875. The van der Waals surface area contributed by atoms with Crippen LogP contribution in [0.4, 0.5) is 0 Å². The molecule has 1 rings (SSSR count). The first-order valence-electron chi connectivity index (χ1n) is 5.26. The molecule has 0 bridgehead atoms. The Labute approximate surface area is 125 Å². The molecule has 2 unspecified atom stereocenters. The van der Waals surface area contributed by atoms with Gasteiger partial charge in [-0.2, -0.15) is 5.94 Å². The minimum absolute atomic E-state index is 0. The van der Waals surface area contributed by atoms with Crippen LogP contribution in [0.2, 0.25) is 0 Å². The van der Waals surface area contributed by atoms with E-state index in [1.54, 1.807) is 6.92 Å². The van der Waals surface area contributed by atoms with Crippen LogP contribution >= 0.6 is 0 Å². The van der Waals surface area contributed by atoms with Gasteiger partial charge in [0.05, 0.1) is 5.91 Å². The molecule has 1 aliphatic rings. The fourth-order valence-electron chi connectivity index (χ4n) is 1.59. The van der Waals surface area contributed by atoms with Crippen LogP contribution in [0.3, 0.4) is 0 Å². The van der Waals surface area contributed by atoms with Crippen molar-refractivity contribution in [3.8, 4) is 0 Å². The van der Waals surface area contributed by atoms with Crippen molar-refractivity contribution in [3.63, 3.8) is 0 Å². The summed E-state index contributed by atoms with van der Waals surface area (Å²) in [5, 5.41) is 3.67. The maximum absolute atomic E-state index is 11.6. The minimum atomic E-state index is -3.96. The largest absolute Gasteiger partial charge is 0.658 e. The molecule has 1 amide bonds. The number of carbonyl (C=O) groups is 1. The summed E-state index contributed by atoms with van der Waals surface area (Å²) in [6, 6.07) is 0. The zero-order valence-electron chi connectivity index (χ0n) is 10.2. The van der Waals surface area contributed by atoms with Crippen LogP contribution in [-0.2, 0) is 48.3 Å². The number of amides is 1. The number of hydrogen-bond donors (Lipinski definition) is 1. The summed E-state index contributed by atoms with van der Waals surface area (Å²) in [6.07, 6.45) is 1.17. The summed E-state index contributed by atoms with van der Waals surface area (Å²) in [7, 11) is 1.40. The van der Waals surface area contributed by atoms with Gasteiger partial charge in [-0.05, 0) is 12.8 Å². The first kappa shape index (κ1) is 14.6. The summed E-state index contributed by atoms with van der Waals surface area (Å²) in [5.74, 6) is -1.40. The second-order valence-electron chi connectivity index (χ2n) is 3.65. The van der Waals surface area contributed by atoms with Gasteiger partial charge in [0.2, 0.25) is 10.8 Å². The van der Waals surface area contributed by atoms with Gasteiger partial charge in [0.25, 0.3) is 0 Å². The standard InChI is InChI=1S/C8H15BN2O3S.Y/c1-6(9)10-8(12)7-3-2-4-11(5-7)15(13)14;/h6-7,15H,2-5H2,1H3,(H,10,12);/p-1/i15D;. The molecular formula is C8H14BN2O3SY-. The number of rotatable bonds is 3. The zero-order chi connectivity index (χ0) is 12.3. The van der Waals surface area contributed by atoms with Crippen molar-refractivity contribution in [1.82, 2.24) is 4.31 Å². The van der Waals surface area contributed by atoms with Gasteiger partial charge in [-0.3, -0.25) is 0 Å². The molecule has 0 saturated carbocycles. The van der Waals surface area contributed by atoms with Crippen LogP contribution in [-0.4, -0.2) is 46.6 Å². The molecule has 1 fully saturated rings. The van der Waals surface area contributed by atoms with Crippen molar-refractivity contribution in [2.24, 2.45) is 5.92 Å². The summed E-state index contributed by atoms with van der Waals surface area (Å²) >= 11 is 0. The summed E-state index contributed by atoms with van der Waals surface area (Å²) in [5.41, 5.74) is 0. The molecule has 0 N–H and O–H groups in total. The molecule has 0 aromatic carbocycles. The van der Waals surface area contributed by atoms with Crippen molar-refractivity contribution < 1.29 is 45.9 Å². The van der Waals surface area contributed by atoms with Crippen molar-refractivity contribution >= 4 is 24.5 Å². The van der Waals surface area contributed by atoms with E-state index in [0.29, 0.717) is 19.4 Å². The summed E-state index contributed by atoms with van der Waals surface area (Å²) in [4.78, 5) is 11.6. The van der Waals surface area contributed by atoms with Gasteiger partial charge in [0.15, 0.2) is 1.12 Å². The van der Waals surface area contributed by atoms with E-state index >= 15 is 0 Å². The van der Waals surface area contributed by atoms with Crippen LogP contribution in [0.5, 0.6) is 0 Å². The quantitative estimate of drug-likeness (QED) is 0.570. The number of hydrogen-bond acceptors (Lipinski definition) is 3. The van der Waals surface area contributed by atoms with Crippen LogP contribution in [0.15, 0.2) is 0 Å². The van der Waals surface area contributed by atoms with E-state index in [-0.39, 0.29) is 45.2 Å². The van der Waals surface area contributed by atoms with Gasteiger partial charge in [-0.25, -0.2) is 12.7 Å². The maximum Gasteiger partial charge on any atom is 0.203 e. The molecule has 8 heteroatoms. The second kappa shape index (κ2) is 7.79. The van der Waals surface area contributed by atoms with Crippen LogP contribution in [0.25, 0.3) is 5.32 Å². The number of nitrogens with zero attached hydrogens (tertiary/aromatic N) is 2. The Balaban J connectivity index is 0.00000256. The average Bonchev–Trinajstić information content (AvgIpc) is 2.15. The minimum Gasteiger partial charge on any atom is -0.658 e. The molecule has 1 heterocycles.